The molecule has 1 aromatic carbocycles. The van der Waals surface area contributed by atoms with Crippen LogP contribution >= 0.6 is 0 Å². The van der Waals surface area contributed by atoms with E-state index < -0.39 is 6.10 Å². The molecule has 0 saturated heterocycles. The summed E-state index contributed by atoms with van der Waals surface area (Å²) in [5, 5.41) is 9.66. The molecule has 1 aromatic rings. The van der Waals surface area contributed by atoms with E-state index in [1.807, 2.05) is 37.3 Å². The van der Waals surface area contributed by atoms with Crippen molar-refractivity contribution in [1.82, 2.24) is 0 Å². The molecule has 1 rings (SSSR count). The highest BCUT2D eigenvalue weighted by molar-refractivity contribution is 5.20. The largest absolute Gasteiger partial charge is 0.491 e. The maximum atomic E-state index is 9.66. The topological polar surface area (TPSA) is 47.9 Å². The Bertz CT molecular complexity index is 402. The van der Waals surface area contributed by atoms with Crippen LogP contribution in [0.4, 0.5) is 0 Å². The molecule has 0 heterocycles. The molecule has 4 nitrogen and oxygen atoms in total. The average molecular weight is 278 g/mol. The molecule has 2 atom stereocenters. The third kappa shape index (κ3) is 6.97. The first-order valence-corrected chi connectivity index (χ1v) is 6.53. The maximum absolute atomic E-state index is 9.66. The van der Waals surface area contributed by atoms with Crippen LogP contribution in [0.25, 0.3) is 0 Å². The number of hydrogen-bond donors (Lipinski definition) is 1. The second kappa shape index (κ2) is 9.18. The molecule has 0 aliphatic rings. The molecule has 0 spiro atoms. The SMILES string of the molecule is C=CC(=C)OCC(O)COC(C)COc1ccccc1. The van der Waals surface area contributed by atoms with Crippen LogP contribution in [0.1, 0.15) is 6.92 Å². The van der Waals surface area contributed by atoms with E-state index in [1.165, 1.54) is 6.08 Å². The van der Waals surface area contributed by atoms with E-state index in [-0.39, 0.29) is 19.3 Å². The molecular weight excluding hydrogens is 256 g/mol. The van der Waals surface area contributed by atoms with Crippen LogP contribution in [0.5, 0.6) is 5.75 Å². The second-order valence-corrected chi connectivity index (χ2v) is 4.40. The first-order valence-electron chi connectivity index (χ1n) is 6.53. The molecule has 20 heavy (non-hydrogen) atoms. The van der Waals surface area contributed by atoms with Crippen molar-refractivity contribution in [2.45, 2.75) is 19.1 Å². The molecule has 0 aromatic heterocycles. The summed E-state index contributed by atoms with van der Waals surface area (Å²) in [4.78, 5) is 0. The van der Waals surface area contributed by atoms with Crippen molar-refractivity contribution in [2.75, 3.05) is 19.8 Å². The van der Waals surface area contributed by atoms with Crippen LogP contribution in [-0.2, 0) is 9.47 Å². The minimum absolute atomic E-state index is 0.118. The Morgan fingerprint density at radius 2 is 1.95 bits per heavy atom. The lowest BCUT2D eigenvalue weighted by atomic mass is 10.3. The molecule has 1 N–H and O–H groups in total. The van der Waals surface area contributed by atoms with Crippen molar-refractivity contribution in [3.63, 3.8) is 0 Å². The lowest BCUT2D eigenvalue weighted by Crippen LogP contribution is -2.27. The summed E-state index contributed by atoms with van der Waals surface area (Å²) >= 11 is 0. The fraction of sp³-hybridized carbons (Fsp3) is 0.375. The van der Waals surface area contributed by atoms with Crippen LogP contribution < -0.4 is 4.74 Å². The van der Waals surface area contributed by atoms with Gasteiger partial charge in [-0.2, -0.15) is 0 Å². The van der Waals surface area contributed by atoms with E-state index >= 15 is 0 Å². The normalized spacial score (nSPS) is 13.3. The minimum Gasteiger partial charge on any atom is -0.491 e. The van der Waals surface area contributed by atoms with Gasteiger partial charge < -0.3 is 19.3 Å². The Kier molecular flexibility index (Phi) is 7.47. The van der Waals surface area contributed by atoms with Gasteiger partial charge in [-0.3, -0.25) is 0 Å². The monoisotopic (exact) mass is 278 g/mol. The number of para-hydroxylation sites is 1. The van der Waals surface area contributed by atoms with Crippen LogP contribution in [-0.4, -0.2) is 37.1 Å². The van der Waals surface area contributed by atoms with Crippen molar-refractivity contribution in [1.29, 1.82) is 0 Å². The van der Waals surface area contributed by atoms with Gasteiger partial charge in [-0.15, -0.1) is 0 Å². The molecule has 0 aliphatic heterocycles. The molecule has 110 valence electrons. The second-order valence-electron chi connectivity index (χ2n) is 4.40. The van der Waals surface area contributed by atoms with Gasteiger partial charge in [0, 0.05) is 0 Å². The van der Waals surface area contributed by atoms with E-state index in [1.54, 1.807) is 0 Å². The van der Waals surface area contributed by atoms with E-state index in [2.05, 4.69) is 13.2 Å². The summed E-state index contributed by atoms with van der Waals surface area (Å²) < 4.78 is 16.2. The molecular formula is C16H22O4. The number of benzene rings is 1. The number of aliphatic hydroxyl groups excluding tert-OH is 1. The number of ether oxygens (including phenoxy) is 3. The quantitative estimate of drug-likeness (QED) is 0.528. The number of hydrogen-bond acceptors (Lipinski definition) is 4. The predicted molar refractivity (Wildman–Crippen MR) is 78.6 cm³/mol. The lowest BCUT2D eigenvalue weighted by molar-refractivity contribution is -0.0391. The third-order valence-corrected chi connectivity index (χ3v) is 2.49. The molecule has 0 saturated carbocycles. The third-order valence-electron chi connectivity index (χ3n) is 2.49. The van der Waals surface area contributed by atoms with Gasteiger partial charge in [0.05, 0.1) is 12.7 Å². The van der Waals surface area contributed by atoms with Crippen LogP contribution in [0.3, 0.4) is 0 Å². The molecule has 0 amide bonds. The zero-order valence-electron chi connectivity index (χ0n) is 11.8. The molecule has 0 fully saturated rings. The Balaban J connectivity index is 2.14. The van der Waals surface area contributed by atoms with Gasteiger partial charge in [-0.05, 0) is 25.1 Å². The smallest absolute Gasteiger partial charge is 0.119 e. The lowest BCUT2D eigenvalue weighted by Gasteiger charge is -2.17. The van der Waals surface area contributed by atoms with Crippen molar-refractivity contribution in [3.05, 3.63) is 55.3 Å². The van der Waals surface area contributed by atoms with Crippen molar-refractivity contribution < 1.29 is 19.3 Å². The Morgan fingerprint density at radius 3 is 2.60 bits per heavy atom. The summed E-state index contributed by atoms with van der Waals surface area (Å²) in [7, 11) is 0. The van der Waals surface area contributed by atoms with Crippen molar-refractivity contribution >= 4 is 0 Å². The van der Waals surface area contributed by atoms with E-state index in [9.17, 15) is 5.11 Å². The summed E-state index contributed by atoms with van der Waals surface area (Å²) in [5.41, 5.74) is 0. The summed E-state index contributed by atoms with van der Waals surface area (Å²) in [6, 6.07) is 9.52. The van der Waals surface area contributed by atoms with Gasteiger partial charge in [-0.1, -0.05) is 31.4 Å². The van der Waals surface area contributed by atoms with Gasteiger partial charge in [-0.25, -0.2) is 0 Å². The van der Waals surface area contributed by atoms with E-state index in [0.717, 1.165) is 5.75 Å². The Morgan fingerprint density at radius 1 is 1.25 bits per heavy atom. The zero-order valence-corrected chi connectivity index (χ0v) is 11.8. The highest BCUT2D eigenvalue weighted by Crippen LogP contribution is 2.09. The van der Waals surface area contributed by atoms with Crippen LogP contribution in [0, 0.1) is 0 Å². The van der Waals surface area contributed by atoms with E-state index in [4.69, 9.17) is 14.2 Å². The van der Waals surface area contributed by atoms with Crippen LogP contribution in [0.2, 0.25) is 0 Å². The van der Waals surface area contributed by atoms with Gasteiger partial charge in [0.1, 0.15) is 30.8 Å². The minimum atomic E-state index is -0.703. The standard InChI is InChI=1S/C16H22O4/c1-4-13(2)18-11-15(17)12-19-14(3)10-20-16-8-6-5-7-9-16/h4-9,14-15,17H,1-2,10-12H2,3H3. The fourth-order valence-electron chi connectivity index (χ4n) is 1.36. The Labute approximate surface area is 120 Å². The average Bonchev–Trinajstić information content (AvgIpc) is 2.49. The van der Waals surface area contributed by atoms with Gasteiger partial charge in [0.15, 0.2) is 0 Å². The highest BCUT2D eigenvalue weighted by atomic mass is 16.5. The van der Waals surface area contributed by atoms with Gasteiger partial charge in [0.25, 0.3) is 0 Å². The maximum Gasteiger partial charge on any atom is 0.119 e. The molecule has 0 aliphatic carbocycles. The number of allylic oxidation sites excluding steroid dienone is 1. The van der Waals surface area contributed by atoms with Gasteiger partial charge in [0.2, 0.25) is 0 Å². The number of rotatable bonds is 10. The van der Waals surface area contributed by atoms with Crippen molar-refractivity contribution in [2.24, 2.45) is 0 Å². The molecule has 0 bridgehead atoms. The highest BCUT2D eigenvalue weighted by Gasteiger charge is 2.09. The summed E-state index contributed by atoms with van der Waals surface area (Å²) in [5.74, 6) is 1.23. The van der Waals surface area contributed by atoms with E-state index in [0.29, 0.717) is 12.4 Å². The molecule has 4 heteroatoms. The van der Waals surface area contributed by atoms with Crippen LogP contribution in [0.15, 0.2) is 55.3 Å². The summed E-state index contributed by atoms with van der Waals surface area (Å²) in [6.07, 6.45) is 0.669. The van der Waals surface area contributed by atoms with Crippen molar-refractivity contribution in [3.8, 4) is 5.75 Å². The molecule has 2 unspecified atom stereocenters. The fourth-order valence-corrected chi connectivity index (χ4v) is 1.36. The predicted octanol–water partition coefficient (Wildman–Crippen LogP) is 2.55. The first-order chi connectivity index (χ1) is 9.61. The first kappa shape index (κ1) is 16.3. The van der Waals surface area contributed by atoms with Gasteiger partial charge >= 0.3 is 0 Å². The zero-order chi connectivity index (χ0) is 14.8. The Hall–Kier alpha value is -1.78. The molecule has 0 radical (unpaired) electrons. The summed E-state index contributed by atoms with van der Waals surface area (Å²) in [6.45, 7) is 9.74. The number of aliphatic hydroxyl groups is 1.